The van der Waals surface area contributed by atoms with Crippen LogP contribution in [-0.4, -0.2) is 32.5 Å². The van der Waals surface area contributed by atoms with E-state index in [0.717, 1.165) is 56.5 Å². The highest BCUT2D eigenvalue weighted by atomic mass is 16.5. The predicted molar refractivity (Wildman–Crippen MR) is 120 cm³/mol. The van der Waals surface area contributed by atoms with Crippen molar-refractivity contribution in [1.29, 1.82) is 0 Å². The van der Waals surface area contributed by atoms with E-state index in [4.69, 9.17) is 14.2 Å². The van der Waals surface area contributed by atoms with Crippen molar-refractivity contribution in [1.82, 2.24) is 5.32 Å². The SMILES string of the molecule is COc1cc(O)c(-c2ccc(OC)c3c(OC)cc(C)cc23)c2c1C(C)N[C@@H](C)C2. The van der Waals surface area contributed by atoms with E-state index in [0.29, 0.717) is 11.8 Å². The average Bonchev–Trinajstić information content (AvgIpc) is 2.71. The number of fused-ring (bicyclic) bond motifs is 2. The highest BCUT2D eigenvalue weighted by Gasteiger charge is 2.30. The van der Waals surface area contributed by atoms with Gasteiger partial charge in [0, 0.05) is 29.3 Å². The van der Waals surface area contributed by atoms with Crippen LogP contribution in [0, 0.1) is 6.92 Å². The number of aromatic hydroxyl groups is 1. The fraction of sp³-hybridized carbons (Fsp3) is 0.360. The van der Waals surface area contributed by atoms with Gasteiger partial charge in [-0.2, -0.15) is 0 Å². The van der Waals surface area contributed by atoms with Crippen LogP contribution in [0.25, 0.3) is 21.9 Å². The Labute approximate surface area is 177 Å². The molecule has 0 aromatic heterocycles. The minimum absolute atomic E-state index is 0.124. The van der Waals surface area contributed by atoms with E-state index in [2.05, 4.69) is 25.2 Å². The molecule has 5 heteroatoms. The summed E-state index contributed by atoms with van der Waals surface area (Å²) in [6.45, 7) is 6.35. The summed E-state index contributed by atoms with van der Waals surface area (Å²) in [5, 5.41) is 16.6. The first-order valence-corrected chi connectivity index (χ1v) is 10.2. The Morgan fingerprint density at radius 3 is 2.30 bits per heavy atom. The number of ether oxygens (including phenoxy) is 3. The number of benzene rings is 3. The summed E-state index contributed by atoms with van der Waals surface area (Å²) in [4.78, 5) is 0. The van der Waals surface area contributed by atoms with Crippen molar-refractivity contribution >= 4 is 10.8 Å². The molecule has 0 radical (unpaired) electrons. The minimum atomic E-state index is 0.124. The summed E-state index contributed by atoms with van der Waals surface area (Å²) in [7, 11) is 4.98. The highest BCUT2D eigenvalue weighted by Crippen LogP contribution is 2.48. The maximum atomic E-state index is 11.1. The molecular weight excluding hydrogens is 378 g/mol. The molecule has 158 valence electrons. The number of hydrogen-bond donors (Lipinski definition) is 2. The van der Waals surface area contributed by atoms with Gasteiger partial charge in [0.05, 0.1) is 26.7 Å². The summed E-state index contributed by atoms with van der Waals surface area (Å²) in [6.07, 6.45) is 0.802. The summed E-state index contributed by atoms with van der Waals surface area (Å²) < 4.78 is 17.0. The number of aryl methyl sites for hydroxylation is 1. The lowest BCUT2D eigenvalue weighted by atomic mass is 9.83. The van der Waals surface area contributed by atoms with Crippen LogP contribution in [-0.2, 0) is 6.42 Å². The summed E-state index contributed by atoms with van der Waals surface area (Å²) in [5.74, 6) is 2.44. The Hall–Kier alpha value is -2.92. The van der Waals surface area contributed by atoms with Gasteiger partial charge in [0.25, 0.3) is 0 Å². The van der Waals surface area contributed by atoms with Crippen LogP contribution >= 0.6 is 0 Å². The van der Waals surface area contributed by atoms with Gasteiger partial charge in [0.15, 0.2) is 0 Å². The Bertz CT molecular complexity index is 1120. The summed E-state index contributed by atoms with van der Waals surface area (Å²) in [6, 6.07) is 10.2. The number of methoxy groups -OCH3 is 3. The average molecular weight is 408 g/mol. The van der Waals surface area contributed by atoms with Gasteiger partial charge in [0.1, 0.15) is 23.0 Å². The molecule has 0 spiro atoms. The first kappa shape index (κ1) is 20.4. The second-order valence-electron chi connectivity index (χ2n) is 8.06. The lowest BCUT2D eigenvalue weighted by molar-refractivity contribution is 0.377. The molecule has 3 aromatic rings. The van der Waals surface area contributed by atoms with Crippen LogP contribution in [0.1, 0.15) is 36.6 Å². The topological polar surface area (TPSA) is 60.0 Å². The fourth-order valence-corrected chi connectivity index (χ4v) is 4.84. The molecular formula is C25H29NO4. The highest BCUT2D eigenvalue weighted by molar-refractivity contribution is 6.05. The molecule has 1 aliphatic heterocycles. The molecule has 30 heavy (non-hydrogen) atoms. The molecule has 0 saturated carbocycles. The zero-order valence-corrected chi connectivity index (χ0v) is 18.4. The van der Waals surface area contributed by atoms with Gasteiger partial charge in [-0.05, 0) is 67.5 Å². The van der Waals surface area contributed by atoms with Crippen molar-refractivity contribution in [2.24, 2.45) is 0 Å². The van der Waals surface area contributed by atoms with Crippen molar-refractivity contribution in [3.8, 4) is 34.1 Å². The Balaban J connectivity index is 2.12. The third-order valence-electron chi connectivity index (χ3n) is 6.01. The van der Waals surface area contributed by atoms with Crippen molar-refractivity contribution in [2.75, 3.05) is 21.3 Å². The third kappa shape index (κ3) is 3.14. The fourth-order valence-electron chi connectivity index (χ4n) is 4.84. The second-order valence-corrected chi connectivity index (χ2v) is 8.06. The minimum Gasteiger partial charge on any atom is -0.507 e. The molecule has 0 saturated heterocycles. The van der Waals surface area contributed by atoms with Gasteiger partial charge in [0.2, 0.25) is 0 Å². The molecule has 0 aliphatic carbocycles. The van der Waals surface area contributed by atoms with Crippen molar-refractivity contribution in [3.63, 3.8) is 0 Å². The molecule has 4 rings (SSSR count). The first-order chi connectivity index (χ1) is 14.4. The van der Waals surface area contributed by atoms with Gasteiger partial charge in [-0.25, -0.2) is 0 Å². The molecule has 0 fully saturated rings. The smallest absolute Gasteiger partial charge is 0.130 e. The van der Waals surface area contributed by atoms with Gasteiger partial charge < -0.3 is 24.6 Å². The van der Waals surface area contributed by atoms with Crippen LogP contribution in [0.3, 0.4) is 0 Å². The number of rotatable bonds is 4. The van der Waals surface area contributed by atoms with Gasteiger partial charge in [-0.1, -0.05) is 6.07 Å². The van der Waals surface area contributed by atoms with Crippen LogP contribution in [0.15, 0.2) is 30.3 Å². The Morgan fingerprint density at radius 2 is 1.63 bits per heavy atom. The Morgan fingerprint density at radius 1 is 0.933 bits per heavy atom. The molecule has 5 nitrogen and oxygen atoms in total. The van der Waals surface area contributed by atoms with Gasteiger partial charge >= 0.3 is 0 Å². The normalized spacial score (nSPS) is 18.2. The zero-order chi connectivity index (χ0) is 21.6. The zero-order valence-electron chi connectivity index (χ0n) is 18.4. The molecule has 1 aliphatic rings. The van der Waals surface area contributed by atoms with E-state index in [1.165, 1.54) is 0 Å². The van der Waals surface area contributed by atoms with Crippen LogP contribution in [0.4, 0.5) is 0 Å². The number of phenols is 1. The van der Waals surface area contributed by atoms with Crippen LogP contribution in [0.5, 0.6) is 23.0 Å². The Kier molecular flexibility index (Phi) is 5.24. The largest absolute Gasteiger partial charge is 0.507 e. The molecule has 1 heterocycles. The van der Waals surface area contributed by atoms with Crippen LogP contribution in [0.2, 0.25) is 0 Å². The summed E-state index contributed by atoms with van der Waals surface area (Å²) in [5.41, 5.74) is 5.13. The predicted octanol–water partition coefficient (Wildman–Crippen LogP) is 5.14. The van der Waals surface area contributed by atoms with Gasteiger partial charge in [-0.3, -0.25) is 0 Å². The van der Waals surface area contributed by atoms with E-state index in [9.17, 15) is 5.11 Å². The van der Waals surface area contributed by atoms with E-state index in [-0.39, 0.29) is 11.8 Å². The lowest BCUT2D eigenvalue weighted by Gasteiger charge is -2.33. The van der Waals surface area contributed by atoms with E-state index >= 15 is 0 Å². The molecule has 3 aromatic carbocycles. The second kappa shape index (κ2) is 7.73. The standard InChI is InChI=1S/C25H29NO4/c1-13-9-17-16(7-8-20(28-4)25(17)21(10-13)29-5)24-18-11-14(2)26-15(3)23(18)22(30-6)12-19(24)27/h7-10,12,14-15,26-27H,11H2,1-6H3/t14-,15?/m0/s1. The van der Waals surface area contributed by atoms with E-state index in [1.807, 2.05) is 25.1 Å². The third-order valence-corrected chi connectivity index (χ3v) is 6.01. The molecule has 2 N–H and O–H groups in total. The maximum absolute atomic E-state index is 11.1. The van der Waals surface area contributed by atoms with Crippen molar-refractivity contribution in [3.05, 3.63) is 47.0 Å². The maximum Gasteiger partial charge on any atom is 0.130 e. The molecule has 0 amide bonds. The number of phenolic OH excluding ortho intramolecular Hbond substituents is 1. The van der Waals surface area contributed by atoms with Crippen molar-refractivity contribution in [2.45, 2.75) is 39.3 Å². The number of hydrogen-bond acceptors (Lipinski definition) is 5. The van der Waals surface area contributed by atoms with Crippen LogP contribution < -0.4 is 19.5 Å². The number of nitrogens with one attached hydrogen (secondary N) is 1. The van der Waals surface area contributed by atoms with Crippen molar-refractivity contribution < 1.29 is 19.3 Å². The molecule has 2 atom stereocenters. The van der Waals surface area contributed by atoms with Gasteiger partial charge in [-0.15, -0.1) is 0 Å². The first-order valence-electron chi connectivity index (χ1n) is 10.2. The summed E-state index contributed by atoms with van der Waals surface area (Å²) >= 11 is 0. The lowest BCUT2D eigenvalue weighted by Crippen LogP contribution is -2.36. The van der Waals surface area contributed by atoms with E-state index < -0.39 is 0 Å². The van der Waals surface area contributed by atoms with E-state index in [1.54, 1.807) is 27.4 Å². The quantitative estimate of drug-likeness (QED) is 0.627. The molecule has 0 bridgehead atoms. The molecule has 1 unspecified atom stereocenters. The monoisotopic (exact) mass is 407 g/mol.